The predicted molar refractivity (Wildman–Crippen MR) is 79.3 cm³/mol. The third-order valence-electron chi connectivity index (χ3n) is 3.60. The zero-order chi connectivity index (χ0) is 14.4. The highest BCUT2D eigenvalue weighted by molar-refractivity contribution is 5.37. The Balaban J connectivity index is 2.15. The van der Waals surface area contributed by atoms with Gasteiger partial charge in [0.2, 0.25) is 0 Å². The van der Waals surface area contributed by atoms with E-state index in [0.29, 0.717) is 12.6 Å². The van der Waals surface area contributed by atoms with Gasteiger partial charge in [0.05, 0.1) is 6.61 Å². The second kappa shape index (κ2) is 7.40. The number of hydrogen-bond acceptors (Lipinski definition) is 5. The highest BCUT2D eigenvalue weighted by Crippen LogP contribution is 2.13. The molecule has 1 aromatic rings. The van der Waals surface area contributed by atoms with Gasteiger partial charge >= 0.3 is 0 Å². The molecule has 0 saturated carbocycles. The Morgan fingerprint density at radius 1 is 1.55 bits per heavy atom. The Morgan fingerprint density at radius 2 is 2.40 bits per heavy atom. The van der Waals surface area contributed by atoms with Crippen molar-refractivity contribution in [2.75, 3.05) is 38.3 Å². The van der Waals surface area contributed by atoms with Gasteiger partial charge < -0.3 is 19.9 Å². The second-order valence-electron chi connectivity index (χ2n) is 5.14. The standard InChI is InChI=1S/C14H24N4O2/c1-3-12-16-13(9-14(19)17-12)18(7-8-20-2)10-11-5-4-6-15-11/h9,11,15H,3-8,10H2,1-2H3,(H,16,17,19). The van der Waals surface area contributed by atoms with Crippen LogP contribution < -0.4 is 15.8 Å². The Kier molecular flexibility index (Phi) is 5.55. The van der Waals surface area contributed by atoms with E-state index < -0.39 is 0 Å². The van der Waals surface area contributed by atoms with Gasteiger partial charge in [-0.3, -0.25) is 4.79 Å². The minimum atomic E-state index is -0.0892. The van der Waals surface area contributed by atoms with Crippen LogP contribution in [-0.4, -0.2) is 49.4 Å². The largest absolute Gasteiger partial charge is 0.383 e. The molecule has 1 saturated heterocycles. The van der Waals surface area contributed by atoms with Crippen LogP contribution in [0.3, 0.4) is 0 Å². The Hall–Kier alpha value is -1.40. The monoisotopic (exact) mass is 280 g/mol. The minimum Gasteiger partial charge on any atom is -0.383 e. The lowest BCUT2D eigenvalue weighted by Gasteiger charge is -2.26. The van der Waals surface area contributed by atoms with E-state index in [1.165, 1.54) is 12.8 Å². The van der Waals surface area contributed by atoms with Crippen LogP contribution in [0.1, 0.15) is 25.6 Å². The van der Waals surface area contributed by atoms with E-state index in [2.05, 4.69) is 20.2 Å². The lowest BCUT2D eigenvalue weighted by atomic mass is 10.2. The number of nitrogens with one attached hydrogen (secondary N) is 2. The van der Waals surface area contributed by atoms with Crippen molar-refractivity contribution in [2.45, 2.75) is 32.2 Å². The second-order valence-corrected chi connectivity index (χ2v) is 5.14. The maximum atomic E-state index is 11.7. The number of H-pyrrole nitrogens is 1. The highest BCUT2D eigenvalue weighted by atomic mass is 16.5. The minimum absolute atomic E-state index is 0.0892. The van der Waals surface area contributed by atoms with E-state index in [1.54, 1.807) is 13.2 Å². The first kappa shape index (κ1) is 15.0. The maximum Gasteiger partial charge on any atom is 0.252 e. The summed E-state index contributed by atoms with van der Waals surface area (Å²) in [5, 5.41) is 3.48. The van der Waals surface area contributed by atoms with Gasteiger partial charge in [0, 0.05) is 38.7 Å². The van der Waals surface area contributed by atoms with Crippen LogP contribution in [0.2, 0.25) is 0 Å². The molecule has 0 bridgehead atoms. The van der Waals surface area contributed by atoms with E-state index in [0.717, 1.165) is 37.7 Å². The fourth-order valence-electron chi connectivity index (χ4n) is 2.50. The molecule has 1 aliphatic rings. The summed E-state index contributed by atoms with van der Waals surface area (Å²) >= 11 is 0. The quantitative estimate of drug-likeness (QED) is 0.763. The van der Waals surface area contributed by atoms with E-state index >= 15 is 0 Å². The lowest BCUT2D eigenvalue weighted by molar-refractivity contribution is 0.204. The van der Waals surface area contributed by atoms with E-state index in [4.69, 9.17) is 4.74 Å². The molecule has 1 aromatic heterocycles. The van der Waals surface area contributed by atoms with Crippen molar-refractivity contribution in [3.05, 3.63) is 22.2 Å². The van der Waals surface area contributed by atoms with E-state index in [1.807, 2.05) is 6.92 Å². The summed E-state index contributed by atoms with van der Waals surface area (Å²) in [4.78, 5) is 21.2. The molecular weight excluding hydrogens is 256 g/mol. The molecule has 0 radical (unpaired) electrons. The van der Waals surface area contributed by atoms with Gasteiger partial charge in [0.15, 0.2) is 0 Å². The summed E-state index contributed by atoms with van der Waals surface area (Å²) in [6, 6.07) is 2.04. The van der Waals surface area contributed by atoms with Crippen molar-refractivity contribution in [1.82, 2.24) is 15.3 Å². The van der Waals surface area contributed by atoms with Crippen molar-refractivity contribution in [3.8, 4) is 0 Å². The van der Waals surface area contributed by atoms with Gasteiger partial charge in [-0.1, -0.05) is 6.92 Å². The number of rotatable bonds is 7. The fraction of sp³-hybridized carbons (Fsp3) is 0.714. The number of ether oxygens (including phenoxy) is 1. The van der Waals surface area contributed by atoms with Gasteiger partial charge in [-0.15, -0.1) is 0 Å². The molecule has 20 heavy (non-hydrogen) atoms. The molecule has 6 nitrogen and oxygen atoms in total. The maximum absolute atomic E-state index is 11.7. The molecule has 1 atom stereocenters. The van der Waals surface area contributed by atoms with Crippen molar-refractivity contribution in [3.63, 3.8) is 0 Å². The molecular formula is C14H24N4O2. The Bertz CT molecular complexity index is 468. The third kappa shape index (κ3) is 4.05. The normalized spacial score (nSPS) is 18.4. The topological polar surface area (TPSA) is 70.2 Å². The SMILES string of the molecule is CCc1nc(N(CCOC)CC2CCCN2)cc(=O)[nH]1. The van der Waals surface area contributed by atoms with E-state index in [9.17, 15) is 4.79 Å². The molecule has 0 amide bonds. The molecule has 2 rings (SSSR count). The molecule has 1 aliphatic heterocycles. The molecule has 2 N–H and O–H groups in total. The zero-order valence-corrected chi connectivity index (χ0v) is 12.3. The predicted octanol–water partition coefficient (Wildman–Crippen LogP) is 0.537. The summed E-state index contributed by atoms with van der Waals surface area (Å²) in [6.07, 6.45) is 3.11. The Morgan fingerprint density at radius 3 is 3.05 bits per heavy atom. The van der Waals surface area contributed by atoms with Crippen LogP contribution in [0.5, 0.6) is 0 Å². The number of aryl methyl sites for hydroxylation is 1. The van der Waals surface area contributed by atoms with Gasteiger partial charge in [-0.2, -0.15) is 0 Å². The summed E-state index contributed by atoms with van der Waals surface area (Å²) < 4.78 is 5.17. The lowest BCUT2D eigenvalue weighted by Crippen LogP contribution is -2.40. The molecule has 0 aromatic carbocycles. The number of aromatic amines is 1. The number of hydrogen-bond donors (Lipinski definition) is 2. The number of anilines is 1. The molecule has 2 heterocycles. The summed E-state index contributed by atoms with van der Waals surface area (Å²) in [5.41, 5.74) is -0.0892. The molecule has 0 aliphatic carbocycles. The van der Waals surface area contributed by atoms with Crippen LogP contribution in [0.15, 0.2) is 10.9 Å². The van der Waals surface area contributed by atoms with Crippen LogP contribution in [0.25, 0.3) is 0 Å². The summed E-state index contributed by atoms with van der Waals surface area (Å²) in [7, 11) is 1.69. The molecule has 0 spiro atoms. The van der Waals surface area contributed by atoms with Gasteiger partial charge in [-0.05, 0) is 19.4 Å². The number of methoxy groups -OCH3 is 1. The van der Waals surface area contributed by atoms with Crippen LogP contribution in [-0.2, 0) is 11.2 Å². The molecule has 6 heteroatoms. The van der Waals surface area contributed by atoms with Gasteiger partial charge in [0.1, 0.15) is 11.6 Å². The first-order valence-corrected chi connectivity index (χ1v) is 7.30. The van der Waals surface area contributed by atoms with E-state index in [-0.39, 0.29) is 5.56 Å². The summed E-state index contributed by atoms with van der Waals surface area (Å²) in [5.74, 6) is 1.48. The first-order valence-electron chi connectivity index (χ1n) is 7.30. The molecule has 112 valence electrons. The van der Waals surface area contributed by atoms with Crippen molar-refractivity contribution >= 4 is 5.82 Å². The average Bonchev–Trinajstić information content (AvgIpc) is 2.95. The summed E-state index contributed by atoms with van der Waals surface area (Å²) in [6.45, 7) is 5.30. The Labute approximate surface area is 119 Å². The average molecular weight is 280 g/mol. The smallest absolute Gasteiger partial charge is 0.252 e. The molecule has 1 unspecified atom stereocenters. The molecule has 1 fully saturated rings. The first-order chi connectivity index (χ1) is 9.72. The van der Waals surface area contributed by atoms with Crippen LogP contribution in [0.4, 0.5) is 5.82 Å². The number of aromatic nitrogens is 2. The third-order valence-corrected chi connectivity index (χ3v) is 3.60. The number of nitrogens with zero attached hydrogens (tertiary/aromatic N) is 2. The van der Waals surface area contributed by atoms with Crippen molar-refractivity contribution < 1.29 is 4.74 Å². The zero-order valence-electron chi connectivity index (χ0n) is 12.3. The van der Waals surface area contributed by atoms with Crippen LogP contribution >= 0.6 is 0 Å². The van der Waals surface area contributed by atoms with Gasteiger partial charge in [0.25, 0.3) is 5.56 Å². The fourth-order valence-corrected chi connectivity index (χ4v) is 2.50. The van der Waals surface area contributed by atoms with Crippen molar-refractivity contribution in [2.24, 2.45) is 0 Å². The van der Waals surface area contributed by atoms with Gasteiger partial charge in [-0.25, -0.2) is 4.98 Å². The van der Waals surface area contributed by atoms with Crippen molar-refractivity contribution in [1.29, 1.82) is 0 Å². The highest BCUT2D eigenvalue weighted by Gasteiger charge is 2.19. The van der Waals surface area contributed by atoms with Crippen LogP contribution in [0, 0.1) is 0 Å².